The lowest BCUT2D eigenvalue weighted by Crippen LogP contribution is -2.45. The van der Waals surface area contributed by atoms with Crippen molar-refractivity contribution in [1.29, 1.82) is 0 Å². The number of carbonyl (C=O) groups excluding carboxylic acids is 1. The van der Waals surface area contributed by atoms with Crippen LogP contribution in [0.5, 0.6) is 0 Å². The number of nitrogens with one attached hydrogen (secondary N) is 1. The molecule has 1 rings (SSSR count). The number of sulfonamides is 1. The average Bonchev–Trinajstić information content (AvgIpc) is 2.49. The number of rotatable bonds is 9. The van der Waals surface area contributed by atoms with Gasteiger partial charge in [-0.05, 0) is 30.9 Å². The summed E-state index contributed by atoms with van der Waals surface area (Å²) in [7, 11) is -4.20. The van der Waals surface area contributed by atoms with Crippen LogP contribution in [0.15, 0.2) is 29.2 Å². The number of ether oxygens (including phenoxy) is 1. The lowest BCUT2D eigenvalue weighted by Gasteiger charge is -2.21. The van der Waals surface area contributed by atoms with Crippen LogP contribution < -0.4 is 4.72 Å². The first-order valence-electron chi connectivity index (χ1n) is 7.29. The highest BCUT2D eigenvalue weighted by molar-refractivity contribution is 7.89. The molecule has 0 aliphatic carbocycles. The molecule has 0 fully saturated rings. The van der Waals surface area contributed by atoms with Crippen LogP contribution in [0, 0.1) is 11.7 Å². The van der Waals surface area contributed by atoms with E-state index in [1.165, 1.54) is 12.1 Å². The van der Waals surface area contributed by atoms with Crippen LogP contribution in [0.4, 0.5) is 8.78 Å². The molecular formula is C15H21F2NO4S. The Morgan fingerprint density at radius 3 is 2.48 bits per heavy atom. The Bertz CT molecular complexity index is 620. The molecule has 1 N–H and O–H groups in total. The fourth-order valence-electron chi connectivity index (χ4n) is 1.81. The Hall–Kier alpha value is -1.54. The van der Waals surface area contributed by atoms with Gasteiger partial charge in [-0.2, -0.15) is 4.72 Å². The summed E-state index contributed by atoms with van der Waals surface area (Å²) in [6.07, 6.45) is 0.619. The van der Waals surface area contributed by atoms with Crippen molar-refractivity contribution >= 4 is 16.0 Å². The number of hydrogen-bond acceptors (Lipinski definition) is 4. The number of halogens is 2. The van der Waals surface area contributed by atoms with Gasteiger partial charge in [-0.1, -0.05) is 26.0 Å². The number of alkyl halides is 1. The van der Waals surface area contributed by atoms with Crippen LogP contribution >= 0.6 is 0 Å². The normalized spacial score (nSPS) is 13.1. The summed E-state index contributed by atoms with van der Waals surface area (Å²) >= 11 is 0. The van der Waals surface area contributed by atoms with Crippen LogP contribution in [0.3, 0.4) is 0 Å². The molecule has 23 heavy (non-hydrogen) atoms. The lowest BCUT2D eigenvalue weighted by atomic mass is 10.1. The number of unbranched alkanes of at least 4 members (excludes halogenated alkanes) is 1. The average molecular weight is 349 g/mol. The topological polar surface area (TPSA) is 72.5 Å². The lowest BCUT2D eigenvalue weighted by molar-refractivity contribution is -0.146. The maximum atomic E-state index is 13.7. The van der Waals surface area contributed by atoms with E-state index in [1.807, 2.05) is 0 Å². The van der Waals surface area contributed by atoms with E-state index in [0.29, 0.717) is 6.42 Å². The first-order chi connectivity index (χ1) is 10.8. The molecule has 0 aliphatic rings. The van der Waals surface area contributed by atoms with Crippen molar-refractivity contribution in [3.63, 3.8) is 0 Å². The fraction of sp³-hybridized carbons (Fsp3) is 0.533. The highest BCUT2D eigenvalue weighted by atomic mass is 32.2. The number of hydrogen-bond donors (Lipinski definition) is 1. The van der Waals surface area contributed by atoms with Gasteiger partial charge in [-0.15, -0.1) is 0 Å². The van der Waals surface area contributed by atoms with Crippen LogP contribution in [-0.4, -0.2) is 33.7 Å². The van der Waals surface area contributed by atoms with E-state index in [4.69, 9.17) is 4.74 Å². The molecule has 130 valence electrons. The summed E-state index contributed by atoms with van der Waals surface area (Å²) < 4.78 is 57.2. The minimum absolute atomic E-state index is 0.00734. The standard InChI is InChI=1S/C15H21F2NO4S/c1-11(2)14(15(19)22-10-6-5-9-16)18-23(20,21)13-8-4-3-7-12(13)17/h3-4,7-8,11,14,18H,5-6,9-10H2,1-2H3. The van der Waals surface area contributed by atoms with Gasteiger partial charge in [0.2, 0.25) is 10.0 Å². The summed E-state index contributed by atoms with van der Waals surface area (Å²) in [5.41, 5.74) is 0. The highest BCUT2D eigenvalue weighted by Gasteiger charge is 2.30. The Morgan fingerprint density at radius 2 is 1.91 bits per heavy atom. The Labute approximate surface area is 135 Å². The minimum atomic E-state index is -4.20. The quantitative estimate of drug-likeness (QED) is 0.549. The second kappa shape index (κ2) is 8.93. The predicted molar refractivity (Wildman–Crippen MR) is 81.5 cm³/mol. The van der Waals surface area contributed by atoms with Crippen LogP contribution in [-0.2, 0) is 19.6 Å². The zero-order valence-corrected chi connectivity index (χ0v) is 13.9. The third kappa shape index (κ3) is 5.87. The second-order valence-corrected chi connectivity index (χ2v) is 7.02. The van der Waals surface area contributed by atoms with Crippen molar-refractivity contribution < 1.29 is 26.7 Å². The van der Waals surface area contributed by atoms with Gasteiger partial charge in [0, 0.05) is 0 Å². The number of carbonyl (C=O) groups is 1. The first-order valence-corrected chi connectivity index (χ1v) is 8.77. The van der Waals surface area contributed by atoms with Crippen molar-refractivity contribution in [2.75, 3.05) is 13.3 Å². The van der Waals surface area contributed by atoms with Gasteiger partial charge in [0.05, 0.1) is 13.3 Å². The molecule has 1 atom stereocenters. The van der Waals surface area contributed by atoms with Crippen molar-refractivity contribution in [3.05, 3.63) is 30.1 Å². The molecular weight excluding hydrogens is 328 g/mol. The molecule has 1 aromatic carbocycles. The van der Waals surface area contributed by atoms with E-state index in [1.54, 1.807) is 13.8 Å². The summed E-state index contributed by atoms with van der Waals surface area (Å²) in [4.78, 5) is 11.5. The van der Waals surface area contributed by atoms with Gasteiger partial charge >= 0.3 is 5.97 Å². The highest BCUT2D eigenvalue weighted by Crippen LogP contribution is 2.16. The summed E-state index contributed by atoms with van der Waals surface area (Å²) in [5, 5.41) is 0. The second-order valence-electron chi connectivity index (χ2n) is 5.34. The molecule has 0 saturated carbocycles. The van der Waals surface area contributed by atoms with E-state index in [2.05, 4.69) is 4.72 Å². The third-order valence-electron chi connectivity index (χ3n) is 3.10. The maximum absolute atomic E-state index is 13.7. The third-order valence-corrected chi connectivity index (χ3v) is 4.58. The van der Waals surface area contributed by atoms with Crippen molar-refractivity contribution in [3.8, 4) is 0 Å². The minimum Gasteiger partial charge on any atom is -0.464 e. The molecule has 1 unspecified atom stereocenters. The van der Waals surface area contributed by atoms with Gasteiger partial charge < -0.3 is 4.74 Å². The van der Waals surface area contributed by atoms with Crippen molar-refractivity contribution in [2.24, 2.45) is 5.92 Å². The molecule has 5 nitrogen and oxygen atoms in total. The summed E-state index contributed by atoms with van der Waals surface area (Å²) in [6, 6.07) is 3.74. The van der Waals surface area contributed by atoms with Crippen LogP contribution in [0.1, 0.15) is 26.7 Å². The molecule has 1 aromatic rings. The zero-order valence-electron chi connectivity index (χ0n) is 13.1. The number of esters is 1. The molecule has 8 heteroatoms. The van der Waals surface area contributed by atoms with Crippen molar-refractivity contribution in [1.82, 2.24) is 4.72 Å². The first kappa shape index (κ1) is 19.5. The predicted octanol–water partition coefficient (Wildman–Crippen LogP) is 2.42. The summed E-state index contributed by atoms with van der Waals surface area (Å²) in [5.74, 6) is -2.07. The monoisotopic (exact) mass is 349 g/mol. The zero-order chi connectivity index (χ0) is 17.5. The molecule has 0 spiro atoms. The Balaban J connectivity index is 2.83. The van der Waals surface area contributed by atoms with E-state index in [0.717, 1.165) is 12.1 Å². The summed E-state index contributed by atoms with van der Waals surface area (Å²) in [6.45, 7) is 2.77. The Morgan fingerprint density at radius 1 is 1.26 bits per heavy atom. The molecule has 0 amide bonds. The molecule has 0 aromatic heterocycles. The fourth-order valence-corrected chi connectivity index (χ4v) is 3.22. The van der Waals surface area contributed by atoms with Crippen molar-refractivity contribution in [2.45, 2.75) is 37.6 Å². The Kier molecular flexibility index (Phi) is 7.57. The van der Waals surface area contributed by atoms with Crippen LogP contribution in [0.25, 0.3) is 0 Å². The van der Waals surface area contributed by atoms with E-state index >= 15 is 0 Å². The van der Waals surface area contributed by atoms with Gasteiger partial charge in [0.1, 0.15) is 16.8 Å². The number of benzene rings is 1. The van der Waals surface area contributed by atoms with Gasteiger partial charge in [-0.3, -0.25) is 9.18 Å². The molecule has 0 saturated heterocycles. The van der Waals surface area contributed by atoms with Gasteiger partial charge in [0.15, 0.2) is 0 Å². The molecule has 0 aliphatic heterocycles. The molecule has 0 bridgehead atoms. The SMILES string of the molecule is CC(C)C(NS(=O)(=O)c1ccccc1F)C(=O)OCCCCF. The smallest absolute Gasteiger partial charge is 0.324 e. The maximum Gasteiger partial charge on any atom is 0.324 e. The van der Waals surface area contributed by atoms with E-state index < -0.39 is 45.3 Å². The van der Waals surface area contributed by atoms with Crippen LogP contribution in [0.2, 0.25) is 0 Å². The largest absolute Gasteiger partial charge is 0.464 e. The van der Waals surface area contributed by atoms with E-state index in [9.17, 15) is 22.0 Å². The van der Waals surface area contributed by atoms with Gasteiger partial charge in [-0.25, -0.2) is 12.8 Å². The van der Waals surface area contributed by atoms with E-state index in [-0.39, 0.29) is 13.0 Å². The molecule has 0 radical (unpaired) electrons. The molecule has 0 heterocycles. The van der Waals surface area contributed by atoms with Gasteiger partial charge in [0.25, 0.3) is 0 Å².